The molecule has 20 heavy (non-hydrogen) atoms. The molecule has 1 aromatic carbocycles. The quantitative estimate of drug-likeness (QED) is 0.862. The summed E-state index contributed by atoms with van der Waals surface area (Å²) in [6.45, 7) is 0. The molecule has 1 aliphatic rings. The van der Waals surface area contributed by atoms with Crippen LogP contribution < -0.4 is 5.32 Å². The van der Waals surface area contributed by atoms with Gasteiger partial charge in [-0.3, -0.25) is 4.79 Å². The molecule has 0 heterocycles. The number of anilines is 1. The Hall–Kier alpha value is -1.40. The van der Waals surface area contributed by atoms with Crippen LogP contribution in [0, 0.1) is 0 Å². The van der Waals surface area contributed by atoms with Crippen molar-refractivity contribution in [1.29, 1.82) is 0 Å². The number of benzene rings is 1. The molecule has 1 aromatic rings. The molecule has 5 nitrogen and oxygen atoms in total. The van der Waals surface area contributed by atoms with E-state index in [1.807, 2.05) is 0 Å². The van der Waals surface area contributed by atoms with Crippen molar-refractivity contribution in [2.75, 3.05) is 12.4 Å². The van der Waals surface area contributed by atoms with E-state index in [0.717, 1.165) is 19.3 Å². The van der Waals surface area contributed by atoms with Crippen molar-refractivity contribution >= 4 is 33.5 Å². The Kier molecular flexibility index (Phi) is 4.45. The Morgan fingerprint density at radius 1 is 1.45 bits per heavy atom. The maximum absolute atomic E-state index is 12.1. The van der Waals surface area contributed by atoms with Gasteiger partial charge in [0.25, 0.3) is 0 Å². The zero-order valence-electron chi connectivity index (χ0n) is 11.1. The molecule has 0 unspecified atom stereocenters. The third kappa shape index (κ3) is 3.02. The van der Waals surface area contributed by atoms with Crippen molar-refractivity contribution in [2.24, 2.45) is 0 Å². The van der Waals surface area contributed by atoms with Crippen LogP contribution in [0.15, 0.2) is 22.7 Å². The van der Waals surface area contributed by atoms with Gasteiger partial charge in [0.15, 0.2) is 0 Å². The molecule has 0 bridgehead atoms. The number of carboxylic acids is 1. The summed E-state index contributed by atoms with van der Waals surface area (Å²) < 4.78 is 5.95. The fourth-order valence-electron chi connectivity index (χ4n) is 2.33. The summed E-state index contributed by atoms with van der Waals surface area (Å²) in [6.07, 6.45) is 3.01. The fraction of sp³-hybridized carbons (Fsp3) is 0.429. The second-order valence-corrected chi connectivity index (χ2v) is 5.79. The Labute approximate surface area is 125 Å². The number of carbonyl (C=O) groups is 2. The van der Waals surface area contributed by atoms with Crippen LogP contribution in [0.2, 0.25) is 0 Å². The monoisotopic (exact) mass is 341 g/mol. The highest BCUT2D eigenvalue weighted by Crippen LogP contribution is 2.38. The number of nitrogens with one attached hydrogen (secondary N) is 1. The molecule has 2 N–H and O–H groups in total. The number of hydrogen-bond acceptors (Lipinski definition) is 3. The minimum absolute atomic E-state index is 0.0628. The third-order valence-corrected chi connectivity index (χ3v) is 4.35. The van der Waals surface area contributed by atoms with E-state index < -0.39 is 5.97 Å². The minimum Gasteiger partial charge on any atom is -0.478 e. The highest BCUT2D eigenvalue weighted by Gasteiger charge is 2.39. The summed E-state index contributed by atoms with van der Waals surface area (Å²) in [4.78, 5) is 23.3. The third-order valence-electron chi connectivity index (χ3n) is 3.69. The van der Waals surface area contributed by atoms with Crippen molar-refractivity contribution in [3.63, 3.8) is 0 Å². The van der Waals surface area contributed by atoms with Crippen LogP contribution in [-0.2, 0) is 9.53 Å². The van der Waals surface area contributed by atoms with Crippen LogP contribution in [0.25, 0.3) is 0 Å². The lowest BCUT2D eigenvalue weighted by Crippen LogP contribution is -2.42. The molecule has 0 aliphatic heterocycles. The van der Waals surface area contributed by atoms with E-state index in [4.69, 9.17) is 9.84 Å². The van der Waals surface area contributed by atoms with Crippen LogP contribution >= 0.6 is 15.9 Å². The van der Waals surface area contributed by atoms with E-state index in [-0.39, 0.29) is 29.2 Å². The van der Waals surface area contributed by atoms with Gasteiger partial charge in [0.2, 0.25) is 5.91 Å². The molecule has 1 aliphatic carbocycles. The zero-order chi connectivity index (χ0) is 14.8. The normalized spacial score (nSPS) is 16.3. The molecule has 1 saturated carbocycles. The minimum atomic E-state index is -1.08. The molecule has 2 rings (SSSR count). The average Bonchev–Trinajstić information content (AvgIpc) is 2.36. The smallest absolute Gasteiger partial charge is 0.337 e. The van der Waals surface area contributed by atoms with Crippen molar-refractivity contribution in [3.05, 3.63) is 28.2 Å². The Bertz CT molecular complexity index is 534. The molecule has 0 atom stereocenters. The van der Waals surface area contributed by atoms with Crippen LogP contribution in [0.5, 0.6) is 0 Å². The topological polar surface area (TPSA) is 75.6 Å². The maximum atomic E-state index is 12.1. The van der Waals surface area contributed by atoms with E-state index in [1.165, 1.54) is 6.07 Å². The molecular weight excluding hydrogens is 326 g/mol. The SMILES string of the molecule is COC1(CC(=O)Nc2c(Br)cccc2C(=O)O)CCC1. The number of methoxy groups -OCH3 is 1. The highest BCUT2D eigenvalue weighted by molar-refractivity contribution is 9.10. The van der Waals surface area contributed by atoms with E-state index in [1.54, 1.807) is 19.2 Å². The standard InChI is InChI=1S/C14H16BrNO4/c1-20-14(6-3-7-14)8-11(17)16-12-9(13(18)19)4-2-5-10(12)15/h2,4-5H,3,6-8H2,1H3,(H,16,17)(H,18,19). The maximum Gasteiger partial charge on any atom is 0.337 e. The molecule has 0 spiro atoms. The highest BCUT2D eigenvalue weighted by atomic mass is 79.9. The van der Waals surface area contributed by atoms with Gasteiger partial charge in [0, 0.05) is 11.6 Å². The number of ether oxygens (including phenoxy) is 1. The largest absolute Gasteiger partial charge is 0.478 e. The summed E-state index contributed by atoms with van der Waals surface area (Å²) >= 11 is 3.26. The van der Waals surface area contributed by atoms with Crippen LogP contribution in [0.3, 0.4) is 0 Å². The van der Waals surface area contributed by atoms with Crippen molar-refractivity contribution < 1.29 is 19.4 Å². The Balaban J connectivity index is 2.13. The molecule has 0 radical (unpaired) electrons. The summed E-state index contributed by atoms with van der Waals surface area (Å²) in [6, 6.07) is 4.77. The number of rotatable bonds is 5. The predicted molar refractivity (Wildman–Crippen MR) is 77.9 cm³/mol. The number of halogens is 1. The number of hydrogen-bond donors (Lipinski definition) is 2. The van der Waals surface area contributed by atoms with Gasteiger partial charge in [0.05, 0.1) is 23.3 Å². The van der Waals surface area contributed by atoms with Gasteiger partial charge in [-0.15, -0.1) is 0 Å². The van der Waals surface area contributed by atoms with Crippen molar-refractivity contribution in [2.45, 2.75) is 31.3 Å². The second-order valence-electron chi connectivity index (χ2n) is 4.93. The average molecular weight is 342 g/mol. The van der Waals surface area contributed by atoms with E-state index >= 15 is 0 Å². The van der Waals surface area contributed by atoms with Gasteiger partial charge in [-0.2, -0.15) is 0 Å². The summed E-state index contributed by atoms with van der Waals surface area (Å²) in [5.41, 5.74) is -0.0299. The predicted octanol–water partition coefficient (Wildman–Crippen LogP) is 3.05. The lowest BCUT2D eigenvalue weighted by molar-refractivity contribution is -0.129. The zero-order valence-corrected chi connectivity index (χ0v) is 12.7. The molecular formula is C14H16BrNO4. The lowest BCUT2D eigenvalue weighted by atomic mass is 9.77. The fourth-order valence-corrected chi connectivity index (χ4v) is 2.80. The molecule has 1 fully saturated rings. The van der Waals surface area contributed by atoms with Gasteiger partial charge >= 0.3 is 5.97 Å². The molecule has 0 aromatic heterocycles. The molecule has 6 heteroatoms. The van der Waals surface area contributed by atoms with Gasteiger partial charge in [0.1, 0.15) is 0 Å². The van der Waals surface area contributed by atoms with E-state index in [9.17, 15) is 9.59 Å². The van der Waals surface area contributed by atoms with E-state index in [0.29, 0.717) is 4.47 Å². The van der Waals surface area contributed by atoms with E-state index in [2.05, 4.69) is 21.2 Å². The van der Waals surface area contributed by atoms with Crippen molar-refractivity contribution in [1.82, 2.24) is 0 Å². The second kappa shape index (κ2) is 5.93. The summed E-state index contributed by atoms with van der Waals surface area (Å²) in [7, 11) is 1.60. The molecule has 108 valence electrons. The van der Waals surface area contributed by atoms with Crippen molar-refractivity contribution in [3.8, 4) is 0 Å². The van der Waals surface area contributed by atoms with Crippen LogP contribution in [-0.4, -0.2) is 29.7 Å². The van der Waals surface area contributed by atoms with Crippen LogP contribution in [0.1, 0.15) is 36.0 Å². The summed E-state index contributed by atoms with van der Waals surface area (Å²) in [5, 5.41) is 11.8. The number of carboxylic acid groups (broad SMARTS) is 1. The first kappa shape index (κ1) is 15.0. The first-order valence-electron chi connectivity index (χ1n) is 6.34. The lowest BCUT2D eigenvalue weighted by Gasteiger charge is -2.39. The molecule has 0 saturated heterocycles. The number of amides is 1. The first-order valence-corrected chi connectivity index (χ1v) is 7.13. The summed E-state index contributed by atoms with van der Waals surface area (Å²) in [5.74, 6) is -1.31. The Morgan fingerprint density at radius 2 is 2.15 bits per heavy atom. The Morgan fingerprint density at radius 3 is 2.65 bits per heavy atom. The van der Waals surface area contributed by atoms with Gasteiger partial charge < -0.3 is 15.2 Å². The number of carbonyl (C=O) groups excluding carboxylic acids is 1. The van der Waals surface area contributed by atoms with Gasteiger partial charge in [-0.05, 0) is 47.3 Å². The number of aromatic carboxylic acids is 1. The molecule has 1 amide bonds. The first-order chi connectivity index (χ1) is 9.47. The number of para-hydroxylation sites is 1. The van der Waals surface area contributed by atoms with Crippen LogP contribution in [0.4, 0.5) is 5.69 Å². The van der Waals surface area contributed by atoms with Gasteiger partial charge in [-0.25, -0.2) is 4.79 Å². The van der Waals surface area contributed by atoms with Gasteiger partial charge in [-0.1, -0.05) is 6.07 Å².